The Labute approximate surface area is 117 Å². The lowest BCUT2D eigenvalue weighted by Crippen LogP contribution is -2.19. The molecule has 2 nitrogen and oxygen atoms in total. The molecule has 2 atom stereocenters. The Morgan fingerprint density at radius 2 is 1.95 bits per heavy atom. The standard InChI is InChI=1S/C17H17FO2/c1-10-3-6-16-13(7-10)15(19)9-17(20-16)12-4-5-14(18)11(2)8-12/h3-8,15,17,19H,9H2,1-2H3/t15-,17?/m0/s1. The summed E-state index contributed by atoms with van der Waals surface area (Å²) in [6.07, 6.45) is -0.296. The SMILES string of the molecule is Cc1ccc2c(c1)[C@@H](O)CC(c1ccc(F)c(C)c1)O2. The minimum absolute atomic E-state index is 0.221. The third-order valence-electron chi connectivity index (χ3n) is 3.78. The van der Waals surface area contributed by atoms with Crippen LogP contribution in [0.4, 0.5) is 4.39 Å². The molecular weight excluding hydrogens is 255 g/mol. The van der Waals surface area contributed by atoms with Crippen LogP contribution in [0.2, 0.25) is 0 Å². The highest BCUT2D eigenvalue weighted by Crippen LogP contribution is 2.41. The summed E-state index contributed by atoms with van der Waals surface area (Å²) in [7, 11) is 0. The maximum Gasteiger partial charge on any atom is 0.127 e. The average Bonchev–Trinajstić information content (AvgIpc) is 2.42. The maximum atomic E-state index is 13.3. The Bertz CT molecular complexity index is 651. The number of aryl methyl sites for hydroxylation is 2. The van der Waals surface area contributed by atoms with Gasteiger partial charge < -0.3 is 9.84 Å². The van der Waals surface area contributed by atoms with E-state index in [0.717, 1.165) is 16.7 Å². The second-order valence-electron chi connectivity index (χ2n) is 5.41. The molecule has 0 saturated heterocycles. The van der Waals surface area contributed by atoms with E-state index in [1.807, 2.05) is 25.1 Å². The van der Waals surface area contributed by atoms with Gasteiger partial charge in [0.2, 0.25) is 0 Å². The van der Waals surface area contributed by atoms with Crippen LogP contribution in [-0.2, 0) is 0 Å². The fourth-order valence-electron chi connectivity index (χ4n) is 2.64. The predicted molar refractivity (Wildman–Crippen MR) is 75.3 cm³/mol. The van der Waals surface area contributed by atoms with Gasteiger partial charge in [-0.15, -0.1) is 0 Å². The van der Waals surface area contributed by atoms with Crippen molar-refractivity contribution in [3.63, 3.8) is 0 Å². The smallest absolute Gasteiger partial charge is 0.127 e. The van der Waals surface area contributed by atoms with Crippen LogP contribution >= 0.6 is 0 Å². The third-order valence-corrected chi connectivity index (χ3v) is 3.78. The quantitative estimate of drug-likeness (QED) is 0.850. The minimum atomic E-state index is -0.547. The van der Waals surface area contributed by atoms with Crippen molar-refractivity contribution in [2.45, 2.75) is 32.5 Å². The molecule has 0 spiro atoms. The van der Waals surface area contributed by atoms with Crippen molar-refractivity contribution in [3.05, 3.63) is 64.5 Å². The summed E-state index contributed by atoms with van der Waals surface area (Å²) in [6.45, 7) is 3.72. The number of aliphatic hydroxyl groups excluding tert-OH is 1. The number of fused-ring (bicyclic) bond motifs is 1. The predicted octanol–water partition coefficient (Wildman–Crippen LogP) is 4.00. The molecule has 20 heavy (non-hydrogen) atoms. The maximum absolute atomic E-state index is 13.3. The second kappa shape index (κ2) is 4.91. The van der Waals surface area contributed by atoms with Crippen LogP contribution in [0.15, 0.2) is 36.4 Å². The number of hydrogen-bond acceptors (Lipinski definition) is 2. The summed E-state index contributed by atoms with van der Waals surface area (Å²) in [6, 6.07) is 10.8. The molecule has 1 aliphatic rings. The van der Waals surface area contributed by atoms with Gasteiger partial charge in [0, 0.05) is 12.0 Å². The molecule has 1 heterocycles. The van der Waals surface area contributed by atoms with Gasteiger partial charge in [-0.25, -0.2) is 4.39 Å². The molecule has 0 saturated carbocycles. The molecule has 0 radical (unpaired) electrons. The van der Waals surface area contributed by atoms with Crippen molar-refractivity contribution in [2.24, 2.45) is 0 Å². The summed E-state index contributed by atoms with van der Waals surface area (Å²) < 4.78 is 19.3. The Hall–Kier alpha value is -1.87. The van der Waals surface area contributed by atoms with Crippen LogP contribution in [0, 0.1) is 19.7 Å². The fraction of sp³-hybridized carbons (Fsp3) is 0.294. The Kier molecular flexibility index (Phi) is 3.22. The van der Waals surface area contributed by atoms with Crippen LogP contribution in [-0.4, -0.2) is 5.11 Å². The molecule has 3 rings (SSSR count). The summed E-state index contributed by atoms with van der Waals surface area (Å²) in [5.41, 5.74) is 3.42. The monoisotopic (exact) mass is 272 g/mol. The van der Waals surface area contributed by atoms with Gasteiger partial charge in [0.05, 0.1) is 6.10 Å². The van der Waals surface area contributed by atoms with Gasteiger partial charge >= 0.3 is 0 Å². The molecule has 0 aromatic heterocycles. The number of halogens is 1. The van der Waals surface area contributed by atoms with Crippen molar-refractivity contribution in [1.82, 2.24) is 0 Å². The number of aliphatic hydroxyl groups is 1. The van der Waals surface area contributed by atoms with Crippen molar-refractivity contribution in [1.29, 1.82) is 0 Å². The van der Waals surface area contributed by atoms with Gasteiger partial charge in [0.1, 0.15) is 17.7 Å². The molecule has 0 bridgehead atoms. The zero-order chi connectivity index (χ0) is 14.3. The van der Waals surface area contributed by atoms with Gasteiger partial charge in [-0.2, -0.15) is 0 Å². The minimum Gasteiger partial charge on any atom is -0.485 e. The number of rotatable bonds is 1. The van der Waals surface area contributed by atoms with E-state index in [2.05, 4.69) is 0 Å². The van der Waals surface area contributed by atoms with Gasteiger partial charge in [-0.3, -0.25) is 0 Å². The summed E-state index contributed by atoms with van der Waals surface area (Å²) in [4.78, 5) is 0. The van der Waals surface area contributed by atoms with Crippen LogP contribution in [0.1, 0.15) is 40.9 Å². The molecule has 0 aliphatic carbocycles. The first-order valence-corrected chi connectivity index (χ1v) is 6.76. The van der Waals surface area contributed by atoms with Gasteiger partial charge in [-0.1, -0.05) is 17.7 Å². The van der Waals surface area contributed by atoms with Crippen LogP contribution in [0.5, 0.6) is 5.75 Å². The number of benzene rings is 2. The molecule has 104 valence electrons. The number of ether oxygens (including phenoxy) is 1. The van der Waals surface area contributed by atoms with E-state index in [4.69, 9.17) is 4.74 Å². The number of hydrogen-bond donors (Lipinski definition) is 1. The zero-order valence-corrected chi connectivity index (χ0v) is 11.6. The van der Waals surface area contributed by atoms with E-state index in [0.29, 0.717) is 17.7 Å². The van der Waals surface area contributed by atoms with Crippen molar-refractivity contribution >= 4 is 0 Å². The lowest BCUT2D eigenvalue weighted by atomic mass is 9.93. The average molecular weight is 272 g/mol. The molecule has 2 aromatic carbocycles. The van der Waals surface area contributed by atoms with E-state index in [1.165, 1.54) is 6.07 Å². The van der Waals surface area contributed by atoms with Gasteiger partial charge in [0.25, 0.3) is 0 Å². The van der Waals surface area contributed by atoms with Crippen LogP contribution in [0.3, 0.4) is 0 Å². The first kappa shape index (κ1) is 13.1. The third kappa shape index (κ3) is 2.29. The molecule has 1 N–H and O–H groups in total. The van der Waals surface area contributed by atoms with E-state index >= 15 is 0 Å². The highest BCUT2D eigenvalue weighted by atomic mass is 19.1. The summed E-state index contributed by atoms with van der Waals surface area (Å²) >= 11 is 0. The highest BCUT2D eigenvalue weighted by molar-refractivity contribution is 5.41. The lowest BCUT2D eigenvalue weighted by molar-refractivity contribution is 0.0656. The van der Waals surface area contributed by atoms with E-state index in [-0.39, 0.29) is 11.9 Å². The zero-order valence-electron chi connectivity index (χ0n) is 11.6. The Morgan fingerprint density at radius 1 is 1.15 bits per heavy atom. The molecule has 0 amide bonds. The van der Waals surface area contributed by atoms with Gasteiger partial charge in [-0.05, 0) is 49.2 Å². The molecular formula is C17H17FO2. The molecule has 3 heteroatoms. The summed E-state index contributed by atoms with van der Waals surface area (Å²) in [5, 5.41) is 10.3. The topological polar surface area (TPSA) is 29.5 Å². The van der Waals surface area contributed by atoms with Crippen molar-refractivity contribution < 1.29 is 14.2 Å². The molecule has 2 aromatic rings. The van der Waals surface area contributed by atoms with Crippen molar-refractivity contribution in [2.75, 3.05) is 0 Å². The van der Waals surface area contributed by atoms with Gasteiger partial charge in [0.15, 0.2) is 0 Å². The first-order valence-electron chi connectivity index (χ1n) is 6.76. The molecule has 1 aliphatic heterocycles. The normalized spacial score (nSPS) is 21.2. The highest BCUT2D eigenvalue weighted by Gasteiger charge is 2.28. The Balaban J connectivity index is 1.94. The van der Waals surface area contributed by atoms with E-state index < -0.39 is 6.10 Å². The fourth-order valence-corrected chi connectivity index (χ4v) is 2.64. The van der Waals surface area contributed by atoms with E-state index in [1.54, 1.807) is 19.1 Å². The molecule has 1 unspecified atom stereocenters. The largest absolute Gasteiger partial charge is 0.485 e. The molecule has 0 fully saturated rings. The first-order chi connectivity index (χ1) is 9.54. The van der Waals surface area contributed by atoms with Crippen LogP contribution < -0.4 is 4.74 Å². The second-order valence-corrected chi connectivity index (χ2v) is 5.41. The van der Waals surface area contributed by atoms with Crippen LogP contribution in [0.25, 0.3) is 0 Å². The Morgan fingerprint density at radius 3 is 2.70 bits per heavy atom. The van der Waals surface area contributed by atoms with Crippen molar-refractivity contribution in [3.8, 4) is 5.75 Å². The lowest BCUT2D eigenvalue weighted by Gasteiger charge is -2.30. The summed E-state index contributed by atoms with van der Waals surface area (Å²) in [5.74, 6) is 0.488. The van der Waals surface area contributed by atoms with E-state index in [9.17, 15) is 9.50 Å².